The van der Waals surface area contributed by atoms with Crippen LogP contribution in [0.25, 0.3) is 21.2 Å². The third-order valence-electron chi connectivity index (χ3n) is 5.60. The van der Waals surface area contributed by atoms with Crippen molar-refractivity contribution >= 4 is 39.7 Å². The fourth-order valence-corrected chi connectivity index (χ4v) is 4.32. The van der Waals surface area contributed by atoms with Gasteiger partial charge in [-0.05, 0) is 49.3 Å². The number of nitrogens with zero attached hydrogens (tertiary/aromatic N) is 5. The van der Waals surface area contributed by atoms with Crippen LogP contribution in [-0.4, -0.2) is 59.0 Å². The van der Waals surface area contributed by atoms with Crippen LogP contribution in [0, 0.1) is 0 Å². The zero-order valence-corrected chi connectivity index (χ0v) is 18.1. The Morgan fingerprint density at radius 2 is 1.94 bits per heavy atom. The minimum Gasteiger partial charge on any atom is -0.353 e. The summed E-state index contributed by atoms with van der Waals surface area (Å²) in [6, 6.07) is 12.2. The normalized spacial score (nSPS) is 14.1. The molecule has 1 aliphatic heterocycles. The zero-order chi connectivity index (χ0) is 21.4. The molecule has 0 bridgehead atoms. The number of carbonyl (C=O) groups excluding carboxylic acids is 1. The average molecular weight is 431 g/mol. The van der Waals surface area contributed by atoms with Gasteiger partial charge in [0.15, 0.2) is 0 Å². The third kappa shape index (κ3) is 3.87. The van der Waals surface area contributed by atoms with Crippen molar-refractivity contribution in [2.24, 2.45) is 0 Å². The van der Waals surface area contributed by atoms with Gasteiger partial charge < -0.3 is 15.1 Å². The van der Waals surface area contributed by atoms with E-state index in [2.05, 4.69) is 57.4 Å². The number of nitrogens with one attached hydrogen (secondary N) is 1. The van der Waals surface area contributed by atoms with Crippen LogP contribution in [0.5, 0.6) is 0 Å². The fourth-order valence-electron chi connectivity index (χ4n) is 3.70. The minimum absolute atomic E-state index is 0.200. The van der Waals surface area contributed by atoms with E-state index in [4.69, 9.17) is 4.98 Å². The summed E-state index contributed by atoms with van der Waals surface area (Å²) in [5, 5.41) is 5.07. The van der Waals surface area contributed by atoms with Gasteiger partial charge in [-0.15, -0.1) is 11.3 Å². The van der Waals surface area contributed by atoms with Crippen molar-refractivity contribution in [2.45, 2.75) is 6.04 Å². The number of amides is 1. The number of thiazole rings is 1. The smallest absolute Gasteiger partial charge is 0.256 e. The number of hydrogen-bond acceptors (Lipinski definition) is 7. The van der Waals surface area contributed by atoms with Gasteiger partial charge in [-0.3, -0.25) is 14.8 Å². The Balaban J connectivity index is 1.54. The summed E-state index contributed by atoms with van der Waals surface area (Å²) in [4.78, 5) is 31.3. The number of anilines is 2. The molecule has 0 saturated carbocycles. The van der Waals surface area contributed by atoms with Crippen molar-refractivity contribution < 1.29 is 4.79 Å². The van der Waals surface area contributed by atoms with Crippen molar-refractivity contribution in [3.63, 3.8) is 0 Å². The van der Waals surface area contributed by atoms with Crippen molar-refractivity contribution in [1.29, 1.82) is 0 Å². The number of likely N-dealkylation sites (N-methyl/N-ethyl adjacent to an activating group) is 1. The van der Waals surface area contributed by atoms with Gasteiger partial charge in [0.2, 0.25) is 0 Å². The Morgan fingerprint density at radius 1 is 1.13 bits per heavy atom. The van der Waals surface area contributed by atoms with Crippen LogP contribution in [0.15, 0.2) is 60.5 Å². The van der Waals surface area contributed by atoms with E-state index in [1.807, 2.05) is 17.8 Å². The molecule has 4 heterocycles. The van der Waals surface area contributed by atoms with E-state index in [-0.39, 0.29) is 5.91 Å². The highest BCUT2D eigenvalue weighted by molar-refractivity contribution is 7.13. The lowest BCUT2D eigenvalue weighted by molar-refractivity contribution is 0.102. The lowest BCUT2D eigenvalue weighted by Crippen LogP contribution is -2.57. The number of benzene rings is 1. The van der Waals surface area contributed by atoms with Gasteiger partial charge in [-0.1, -0.05) is 12.1 Å². The SMILES string of the molecule is CN(C)C1CN(c2nc(NC(=O)c3ccncc3)cc3cc(-c4cncs4)ccc23)C1. The number of aromatic nitrogens is 3. The highest BCUT2D eigenvalue weighted by Crippen LogP contribution is 2.34. The first-order chi connectivity index (χ1) is 15.1. The zero-order valence-electron chi connectivity index (χ0n) is 17.3. The molecule has 0 radical (unpaired) electrons. The Hall–Kier alpha value is -3.36. The number of fused-ring (bicyclic) bond motifs is 1. The highest BCUT2D eigenvalue weighted by atomic mass is 32.1. The van der Waals surface area contributed by atoms with E-state index < -0.39 is 0 Å². The van der Waals surface area contributed by atoms with Crippen molar-refractivity contribution in [1.82, 2.24) is 19.9 Å². The molecular formula is C23H22N6OS. The molecule has 0 aliphatic carbocycles. The van der Waals surface area contributed by atoms with Crippen molar-refractivity contribution in [3.05, 3.63) is 66.1 Å². The molecule has 31 heavy (non-hydrogen) atoms. The van der Waals surface area contributed by atoms with Gasteiger partial charge in [-0.2, -0.15) is 0 Å². The quantitative estimate of drug-likeness (QED) is 0.520. The molecule has 3 aromatic heterocycles. The molecule has 7 nitrogen and oxygen atoms in total. The second-order valence-electron chi connectivity index (χ2n) is 7.85. The second-order valence-corrected chi connectivity index (χ2v) is 8.73. The fraction of sp³-hybridized carbons (Fsp3) is 0.217. The van der Waals surface area contributed by atoms with E-state index in [1.165, 1.54) is 0 Å². The molecule has 5 rings (SSSR count). The van der Waals surface area contributed by atoms with Crippen LogP contribution in [0.2, 0.25) is 0 Å². The molecule has 0 spiro atoms. The van der Waals surface area contributed by atoms with Gasteiger partial charge in [-0.25, -0.2) is 4.98 Å². The number of pyridine rings is 2. The largest absolute Gasteiger partial charge is 0.353 e. The number of rotatable bonds is 5. The second kappa shape index (κ2) is 8.05. The van der Waals surface area contributed by atoms with Gasteiger partial charge >= 0.3 is 0 Å². The summed E-state index contributed by atoms with van der Waals surface area (Å²) >= 11 is 1.61. The lowest BCUT2D eigenvalue weighted by atomic mass is 10.0. The lowest BCUT2D eigenvalue weighted by Gasteiger charge is -2.44. The first-order valence-electron chi connectivity index (χ1n) is 10.0. The van der Waals surface area contributed by atoms with Crippen LogP contribution in [-0.2, 0) is 0 Å². The highest BCUT2D eigenvalue weighted by Gasteiger charge is 2.30. The Kier molecular flexibility index (Phi) is 5.09. The molecule has 0 unspecified atom stereocenters. The van der Waals surface area contributed by atoms with E-state index in [9.17, 15) is 4.79 Å². The molecule has 1 aromatic carbocycles. The van der Waals surface area contributed by atoms with E-state index in [1.54, 1.807) is 35.9 Å². The summed E-state index contributed by atoms with van der Waals surface area (Å²) < 4.78 is 0. The summed E-state index contributed by atoms with van der Waals surface area (Å²) in [5.74, 6) is 1.24. The van der Waals surface area contributed by atoms with Crippen molar-refractivity contribution in [2.75, 3.05) is 37.4 Å². The minimum atomic E-state index is -0.200. The van der Waals surface area contributed by atoms with Gasteiger partial charge in [0, 0.05) is 48.7 Å². The van der Waals surface area contributed by atoms with Crippen molar-refractivity contribution in [3.8, 4) is 10.4 Å². The first kappa shape index (κ1) is 19.6. The molecule has 1 amide bonds. The van der Waals surface area contributed by atoms with E-state index in [0.717, 1.165) is 40.1 Å². The summed E-state index contributed by atoms with van der Waals surface area (Å²) in [7, 11) is 4.19. The molecule has 1 saturated heterocycles. The molecule has 1 aliphatic rings. The Morgan fingerprint density at radius 3 is 2.65 bits per heavy atom. The maximum Gasteiger partial charge on any atom is 0.256 e. The predicted molar refractivity (Wildman–Crippen MR) is 125 cm³/mol. The standard InChI is InChI=1S/C23H22N6OS/c1-28(2)18-12-29(13-18)22-19-4-3-16(20-11-25-14-31-20)9-17(19)10-21(26-22)27-23(30)15-5-7-24-8-6-15/h3-11,14,18H,12-13H2,1-2H3,(H,26,27,30). The van der Waals surface area contributed by atoms with Gasteiger partial charge in [0.05, 0.1) is 10.4 Å². The monoisotopic (exact) mass is 430 g/mol. The first-order valence-corrected chi connectivity index (χ1v) is 10.9. The molecule has 156 valence electrons. The van der Waals surface area contributed by atoms with Crippen LogP contribution >= 0.6 is 11.3 Å². The van der Waals surface area contributed by atoms with Gasteiger partial charge in [0.25, 0.3) is 5.91 Å². The van der Waals surface area contributed by atoms with Crippen LogP contribution in [0.4, 0.5) is 11.6 Å². The molecule has 1 fully saturated rings. The maximum absolute atomic E-state index is 12.7. The third-order valence-corrected chi connectivity index (χ3v) is 6.43. The number of carbonyl (C=O) groups is 1. The number of hydrogen-bond donors (Lipinski definition) is 1. The van der Waals surface area contributed by atoms with Crippen LogP contribution in [0.1, 0.15) is 10.4 Å². The average Bonchev–Trinajstić information content (AvgIpc) is 3.27. The molecule has 0 atom stereocenters. The maximum atomic E-state index is 12.7. The van der Waals surface area contributed by atoms with Crippen LogP contribution in [0.3, 0.4) is 0 Å². The predicted octanol–water partition coefficient (Wildman–Crippen LogP) is 3.76. The van der Waals surface area contributed by atoms with Crippen LogP contribution < -0.4 is 10.2 Å². The molecule has 1 N–H and O–H groups in total. The summed E-state index contributed by atoms with van der Waals surface area (Å²) in [5.41, 5.74) is 3.49. The molecule has 8 heteroatoms. The Labute approximate surface area is 184 Å². The topological polar surface area (TPSA) is 74.2 Å². The molecular weight excluding hydrogens is 408 g/mol. The van der Waals surface area contributed by atoms with Gasteiger partial charge in [0.1, 0.15) is 11.6 Å². The van der Waals surface area contributed by atoms with E-state index >= 15 is 0 Å². The summed E-state index contributed by atoms with van der Waals surface area (Å²) in [6.45, 7) is 1.82. The molecule has 4 aromatic rings. The van der Waals surface area contributed by atoms with E-state index in [0.29, 0.717) is 17.4 Å². The Bertz CT molecular complexity index is 1220. The summed E-state index contributed by atoms with van der Waals surface area (Å²) in [6.07, 6.45) is 5.09.